The van der Waals surface area contributed by atoms with E-state index in [1.54, 1.807) is 0 Å². The van der Waals surface area contributed by atoms with Gasteiger partial charge in [0.1, 0.15) is 0 Å². The topological polar surface area (TPSA) is 57.2 Å². The van der Waals surface area contributed by atoms with E-state index in [0.29, 0.717) is 12.2 Å². The average molecular weight is 421 g/mol. The molecule has 32 heavy (non-hydrogen) atoms. The Hall–Kier alpha value is -3.89. The summed E-state index contributed by atoms with van der Waals surface area (Å²) in [7, 11) is 0. The molecule has 0 saturated carbocycles. The maximum Gasteiger partial charge on any atom is 0.340 e. The van der Waals surface area contributed by atoms with Crippen LogP contribution in [0.4, 0.5) is 0 Å². The zero-order valence-electron chi connectivity index (χ0n) is 17.9. The fourth-order valence-electron chi connectivity index (χ4n) is 4.48. The number of esters is 1. The molecule has 0 unspecified atom stereocenters. The predicted molar refractivity (Wildman–Crippen MR) is 130 cm³/mol. The van der Waals surface area contributed by atoms with Crippen LogP contribution in [0.1, 0.15) is 23.0 Å². The van der Waals surface area contributed by atoms with Crippen molar-refractivity contribution in [1.82, 2.24) is 4.57 Å². The molecule has 4 nitrogen and oxygen atoms in total. The zero-order chi connectivity index (χ0) is 22.1. The molecule has 0 saturated heterocycles. The minimum atomic E-state index is -0.342. The van der Waals surface area contributed by atoms with E-state index < -0.39 is 0 Å². The standard InChI is InChI=1S/C28H24N2O2/c1-2-32-28(31)27-24-16-15-20(23-14-8-10-19-9-6-7-13-22(19)23)17-25(24)30(26(27)18-29)21-11-4-3-5-12-21/h3-17H,2,18,29H2,1H3. The van der Waals surface area contributed by atoms with Crippen LogP contribution in [0.2, 0.25) is 0 Å². The average Bonchev–Trinajstić information content (AvgIpc) is 3.18. The molecule has 0 fully saturated rings. The largest absolute Gasteiger partial charge is 0.462 e. The Morgan fingerprint density at radius 3 is 2.41 bits per heavy atom. The Morgan fingerprint density at radius 1 is 0.875 bits per heavy atom. The first-order valence-electron chi connectivity index (χ1n) is 10.8. The van der Waals surface area contributed by atoms with Gasteiger partial charge in [-0.05, 0) is 47.0 Å². The number of carbonyl (C=O) groups excluding carboxylic acids is 1. The van der Waals surface area contributed by atoms with Crippen molar-refractivity contribution in [1.29, 1.82) is 0 Å². The fourth-order valence-corrected chi connectivity index (χ4v) is 4.48. The highest BCUT2D eigenvalue weighted by Gasteiger charge is 2.24. The van der Waals surface area contributed by atoms with Crippen molar-refractivity contribution < 1.29 is 9.53 Å². The Kier molecular flexibility index (Phi) is 5.21. The summed E-state index contributed by atoms with van der Waals surface area (Å²) < 4.78 is 7.47. The van der Waals surface area contributed by atoms with Crippen LogP contribution in [0.5, 0.6) is 0 Å². The van der Waals surface area contributed by atoms with Crippen LogP contribution in [0, 0.1) is 0 Å². The number of fused-ring (bicyclic) bond motifs is 2. The lowest BCUT2D eigenvalue weighted by atomic mass is 9.97. The molecule has 0 bridgehead atoms. The van der Waals surface area contributed by atoms with E-state index in [4.69, 9.17) is 10.5 Å². The summed E-state index contributed by atoms with van der Waals surface area (Å²) in [5.74, 6) is -0.342. The van der Waals surface area contributed by atoms with Crippen molar-refractivity contribution in [3.05, 3.63) is 102 Å². The van der Waals surface area contributed by atoms with E-state index in [1.807, 2.05) is 43.3 Å². The summed E-state index contributed by atoms with van der Waals surface area (Å²) in [6.07, 6.45) is 0. The van der Waals surface area contributed by atoms with Gasteiger partial charge in [-0.15, -0.1) is 0 Å². The molecule has 4 heteroatoms. The monoisotopic (exact) mass is 420 g/mol. The van der Waals surface area contributed by atoms with Crippen LogP contribution >= 0.6 is 0 Å². The van der Waals surface area contributed by atoms with Gasteiger partial charge in [0.05, 0.1) is 23.4 Å². The second-order valence-electron chi connectivity index (χ2n) is 7.68. The molecule has 2 N–H and O–H groups in total. The SMILES string of the molecule is CCOC(=O)c1c(CN)n(-c2ccccc2)c2cc(-c3cccc4ccccc34)ccc12. The van der Waals surface area contributed by atoms with E-state index >= 15 is 0 Å². The van der Waals surface area contributed by atoms with Gasteiger partial charge in [0.2, 0.25) is 0 Å². The molecule has 0 aliphatic rings. The second-order valence-corrected chi connectivity index (χ2v) is 7.68. The smallest absolute Gasteiger partial charge is 0.340 e. The molecule has 4 aromatic carbocycles. The van der Waals surface area contributed by atoms with Gasteiger partial charge in [0.25, 0.3) is 0 Å². The Morgan fingerprint density at radius 2 is 1.62 bits per heavy atom. The first-order valence-corrected chi connectivity index (χ1v) is 10.8. The summed E-state index contributed by atoms with van der Waals surface area (Å²) >= 11 is 0. The summed E-state index contributed by atoms with van der Waals surface area (Å²) in [6, 6.07) is 30.9. The third-order valence-corrected chi connectivity index (χ3v) is 5.85. The van der Waals surface area contributed by atoms with Gasteiger partial charge in [0.15, 0.2) is 0 Å². The molecule has 0 radical (unpaired) electrons. The van der Waals surface area contributed by atoms with E-state index in [-0.39, 0.29) is 12.5 Å². The molecule has 0 aliphatic carbocycles. The molecular weight excluding hydrogens is 396 g/mol. The van der Waals surface area contributed by atoms with Gasteiger partial charge >= 0.3 is 5.97 Å². The van der Waals surface area contributed by atoms with E-state index in [1.165, 1.54) is 10.8 Å². The molecule has 0 aliphatic heterocycles. The highest BCUT2D eigenvalue weighted by Crippen LogP contribution is 2.35. The normalized spacial score (nSPS) is 11.2. The quantitative estimate of drug-likeness (QED) is 0.350. The van der Waals surface area contributed by atoms with E-state index in [9.17, 15) is 4.79 Å². The van der Waals surface area contributed by atoms with Crippen LogP contribution in [0.15, 0.2) is 91.0 Å². The lowest BCUT2D eigenvalue weighted by Gasteiger charge is -2.12. The fraction of sp³-hybridized carbons (Fsp3) is 0.107. The van der Waals surface area contributed by atoms with Crippen molar-refractivity contribution in [3.8, 4) is 16.8 Å². The first kappa shape index (κ1) is 20.0. The molecule has 0 spiro atoms. The molecule has 1 aromatic heterocycles. The molecule has 158 valence electrons. The van der Waals surface area contributed by atoms with Gasteiger partial charge < -0.3 is 15.0 Å². The minimum absolute atomic E-state index is 0.224. The van der Waals surface area contributed by atoms with Crippen molar-refractivity contribution in [2.45, 2.75) is 13.5 Å². The molecule has 5 rings (SSSR count). The molecule has 0 amide bonds. The van der Waals surface area contributed by atoms with Crippen LogP contribution < -0.4 is 5.73 Å². The van der Waals surface area contributed by atoms with Crippen LogP contribution in [-0.4, -0.2) is 17.1 Å². The highest BCUT2D eigenvalue weighted by molar-refractivity contribution is 6.08. The molecule has 1 heterocycles. The number of benzene rings is 4. The van der Waals surface area contributed by atoms with E-state index in [2.05, 4.69) is 59.2 Å². The zero-order valence-corrected chi connectivity index (χ0v) is 17.9. The van der Waals surface area contributed by atoms with Crippen molar-refractivity contribution in [2.24, 2.45) is 5.73 Å². The maximum atomic E-state index is 12.9. The van der Waals surface area contributed by atoms with Gasteiger partial charge in [-0.1, -0.05) is 72.8 Å². The minimum Gasteiger partial charge on any atom is -0.462 e. The number of carbonyl (C=O) groups is 1. The summed E-state index contributed by atoms with van der Waals surface area (Å²) in [5.41, 5.74) is 11.6. The molecule has 5 aromatic rings. The predicted octanol–water partition coefficient (Wildman–Crippen LogP) is 6.09. The first-order chi connectivity index (χ1) is 15.7. The number of nitrogens with two attached hydrogens (primary N) is 1. The Labute approximate surface area is 186 Å². The van der Waals surface area contributed by atoms with Crippen LogP contribution in [0.3, 0.4) is 0 Å². The lowest BCUT2D eigenvalue weighted by Crippen LogP contribution is -2.12. The van der Waals surface area contributed by atoms with Crippen LogP contribution in [0.25, 0.3) is 38.5 Å². The number of para-hydroxylation sites is 1. The Balaban J connectivity index is 1.83. The number of ether oxygens (including phenoxy) is 1. The summed E-state index contributed by atoms with van der Waals surface area (Å²) in [4.78, 5) is 12.9. The number of rotatable bonds is 5. The lowest BCUT2D eigenvalue weighted by molar-refractivity contribution is 0.0527. The van der Waals surface area contributed by atoms with Crippen molar-refractivity contribution in [3.63, 3.8) is 0 Å². The van der Waals surface area contributed by atoms with Crippen molar-refractivity contribution >= 4 is 27.6 Å². The molecule has 0 atom stereocenters. The Bertz CT molecular complexity index is 1430. The molecular formula is C28H24N2O2. The number of nitrogens with zero attached hydrogens (tertiary/aromatic N) is 1. The second kappa shape index (κ2) is 8.33. The highest BCUT2D eigenvalue weighted by atomic mass is 16.5. The maximum absolute atomic E-state index is 12.9. The van der Waals surface area contributed by atoms with Gasteiger partial charge in [-0.2, -0.15) is 0 Å². The third-order valence-electron chi connectivity index (χ3n) is 5.85. The number of aromatic nitrogens is 1. The summed E-state index contributed by atoms with van der Waals surface area (Å²) in [5, 5.41) is 3.23. The third kappa shape index (κ3) is 3.26. The van der Waals surface area contributed by atoms with E-state index in [0.717, 1.165) is 33.4 Å². The van der Waals surface area contributed by atoms with Gasteiger partial charge in [-0.25, -0.2) is 4.79 Å². The number of hydrogen-bond acceptors (Lipinski definition) is 3. The summed E-state index contributed by atoms with van der Waals surface area (Å²) in [6.45, 7) is 2.35. The van der Waals surface area contributed by atoms with Crippen LogP contribution in [-0.2, 0) is 11.3 Å². The van der Waals surface area contributed by atoms with Gasteiger partial charge in [-0.3, -0.25) is 0 Å². The van der Waals surface area contributed by atoms with Crippen molar-refractivity contribution in [2.75, 3.05) is 6.61 Å². The van der Waals surface area contributed by atoms with Gasteiger partial charge in [0, 0.05) is 17.6 Å². The number of hydrogen-bond donors (Lipinski definition) is 1.